The Morgan fingerprint density at radius 1 is 1.28 bits per heavy atom. The van der Waals surface area contributed by atoms with Crippen LogP contribution in [0.2, 0.25) is 0 Å². The number of oxazole rings is 1. The highest BCUT2D eigenvalue weighted by Crippen LogP contribution is 2.20. The molecule has 0 aliphatic heterocycles. The fourth-order valence-corrected chi connectivity index (χ4v) is 2.22. The summed E-state index contributed by atoms with van der Waals surface area (Å²) < 4.78 is 23.3. The molecule has 1 heterocycles. The summed E-state index contributed by atoms with van der Waals surface area (Å²) in [6, 6.07) is 5.91. The van der Waals surface area contributed by atoms with Crippen LogP contribution in [-0.2, 0) is 16.1 Å². The first kappa shape index (κ1) is 18.6. The van der Waals surface area contributed by atoms with Gasteiger partial charge in [0.1, 0.15) is 5.82 Å². The molecule has 1 aromatic heterocycles. The van der Waals surface area contributed by atoms with E-state index in [4.69, 9.17) is 4.42 Å². The second-order valence-corrected chi connectivity index (χ2v) is 5.35. The normalized spacial score (nSPS) is 11.8. The van der Waals surface area contributed by atoms with Crippen molar-refractivity contribution < 1.29 is 28.0 Å². The van der Waals surface area contributed by atoms with Crippen LogP contribution in [0.3, 0.4) is 0 Å². The van der Waals surface area contributed by atoms with Crippen LogP contribution in [0.25, 0.3) is 11.3 Å². The van der Waals surface area contributed by atoms with E-state index < -0.39 is 12.0 Å². The van der Waals surface area contributed by atoms with Gasteiger partial charge in [0.2, 0.25) is 0 Å². The van der Waals surface area contributed by atoms with E-state index in [0.29, 0.717) is 24.7 Å². The molecule has 0 aliphatic carbocycles. The lowest BCUT2D eigenvalue weighted by molar-refractivity contribution is -0.905. The Hall–Kier alpha value is -2.74. The number of hydrogen-bond acceptors (Lipinski definition) is 5. The number of nitrogens with one attached hydrogen (secondary N) is 2. The van der Waals surface area contributed by atoms with Gasteiger partial charge in [0.25, 0.3) is 11.8 Å². The predicted octanol–water partition coefficient (Wildman–Crippen LogP) is 1.16. The minimum atomic E-state index is -0.752. The van der Waals surface area contributed by atoms with E-state index in [2.05, 4.69) is 15.0 Å². The van der Waals surface area contributed by atoms with Crippen molar-refractivity contribution in [1.82, 2.24) is 10.3 Å². The number of quaternary nitrogens is 1. The summed E-state index contributed by atoms with van der Waals surface area (Å²) >= 11 is 0. The molecule has 1 aromatic carbocycles. The number of carbonyl (C=O) groups is 2. The Balaban J connectivity index is 1.94. The highest BCUT2D eigenvalue weighted by atomic mass is 19.1. The number of aromatic nitrogens is 1. The SMILES string of the molecule is CCOC(=O)NC(=O)C[NH+](CC)Cc1ncc(-c2ccc(F)cc2)o1. The molecular formula is C17H21FN3O4+. The van der Waals surface area contributed by atoms with Crippen LogP contribution in [0.1, 0.15) is 19.7 Å². The summed E-state index contributed by atoms with van der Waals surface area (Å²) in [5.74, 6) is 0.236. The first-order valence-electron chi connectivity index (χ1n) is 8.02. The third kappa shape index (κ3) is 5.68. The third-order valence-electron chi connectivity index (χ3n) is 3.51. The number of likely N-dealkylation sites (N-methyl/N-ethyl adjacent to an activating group) is 1. The monoisotopic (exact) mass is 350 g/mol. The summed E-state index contributed by atoms with van der Waals surface area (Å²) in [5, 5.41) is 2.16. The van der Waals surface area contributed by atoms with Crippen LogP contribution in [-0.4, -0.2) is 36.7 Å². The summed E-state index contributed by atoms with van der Waals surface area (Å²) in [4.78, 5) is 28.1. The molecule has 2 rings (SSSR count). The lowest BCUT2D eigenvalue weighted by Gasteiger charge is -2.14. The minimum absolute atomic E-state index is 0.0869. The van der Waals surface area contributed by atoms with Crippen LogP contribution in [0.4, 0.5) is 9.18 Å². The zero-order valence-corrected chi connectivity index (χ0v) is 14.2. The van der Waals surface area contributed by atoms with Crippen molar-refractivity contribution in [2.24, 2.45) is 0 Å². The number of alkyl carbamates (subject to hydrolysis) is 1. The van der Waals surface area contributed by atoms with Gasteiger partial charge in [-0.05, 0) is 38.1 Å². The number of halogens is 1. The Morgan fingerprint density at radius 2 is 2.00 bits per heavy atom. The lowest BCUT2D eigenvalue weighted by Crippen LogP contribution is -3.11. The number of rotatable bonds is 7. The van der Waals surface area contributed by atoms with Crippen molar-refractivity contribution >= 4 is 12.0 Å². The molecule has 25 heavy (non-hydrogen) atoms. The molecule has 2 N–H and O–H groups in total. The van der Waals surface area contributed by atoms with Gasteiger partial charge in [-0.2, -0.15) is 0 Å². The van der Waals surface area contributed by atoms with E-state index in [0.717, 1.165) is 10.5 Å². The first-order valence-corrected chi connectivity index (χ1v) is 8.02. The van der Waals surface area contributed by atoms with E-state index in [1.54, 1.807) is 25.3 Å². The van der Waals surface area contributed by atoms with E-state index in [1.165, 1.54) is 12.1 Å². The summed E-state index contributed by atoms with van der Waals surface area (Å²) in [6.45, 7) is 4.89. The summed E-state index contributed by atoms with van der Waals surface area (Å²) in [6.07, 6.45) is 0.812. The predicted molar refractivity (Wildman–Crippen MR) is 87.1 cm³/mol. The molecule has 1 atom stereocenters. The summed E-state index contributed by atoms with van der Waals surface area (Å²) in [7, 11) is 0. The quantitative estimate of drug-likeness (QED) is 0.783. The van der Waals surface area contributed by atoms with Crippen molar-refractivity contribution in [2.45, 2.75) is 20.4 Å². The number of carbonyl (C=O) groups excluding carboxylic acids is 2. The van der Waals surface area contributed by atoms with E-state index in [1.807, 2.05) is 6.92 Å². The second kappa shape index (κ2) is 8.93. The van der Waals surface area contributed by atoms with E-state index in [9.17, 15) is 14.0 Å². The zero-order valence-electron chi connectivity index (χ0n) is 14.2. The van der Waals surface area contributed by atoms with Gasteiger partial charge in [0, 0.05) is 5.56 Å². The van der Waals surface area contributed by atoms with Gasteiger partial charge in [0.05, 0.1) is 19.3 Å². The zero-order chi connectivity index (χ0) is 18.2. The smallest absolute Gasteiger partial charge is 0.414 e. The van der Waals surface area contributed by atoms with Gasteiger partial charge >= 0.3 is 6.09 Å². The van der Waals surface area contributed by atoms with Crippen molar-refractivity contribution in [3.8, 4) is 11.3 Å². The van der Waals surface area contributed by atoms with Crippen molar-refractivity contribution in [3.05, 3.63) is 42.2 Å². The van der Waals surface area contributed by atoms with E-state index >= 15 is 0 Å². The van der Waals surface area contributed by atoms with Crippen LogP contribution in [0.5, 0.6) is 0 Å². The number of amides is 2. The standard InChI is InChI=1S/C17H20FN3O4/c1-3-21(10-15(22)20-17(23)24-4-2)11-16-19-9-14(25-16)12-5-7-13(18)8-6-12/h5-9H,3-4,10-11H2,1-2H3,(H,20,22,23)/p+1. The lowest BCUT2D eigenvalue weighted by atomic mass is 10.2. The molecule has 1 unspecified atom stereocenters. The van der Waals surface area contributed by atoms with Crippen molar-refractivity contribution in [3.63, 3.8) is 0 Å². The largest absolute Gasteiger partial charge is 0.450 e. The average Bonchev–Trinajstić information content (AvgIpc) is 3.03. The number of benzene rings is 1. The average molecular weight is 350 g/mol. The molecule has 2 amide bonds. The van der Waals surface area contributed by atoms with Crippen molar-refractivity contribution in [2.75, 3.05) is 19.7 Å². The van der Waals surface area contributed by atoms with Gasteiger partial charge in [-0.25, -0.2) is 14.2 Å². The van der Waals surface area contributed by atoms with Gasteiger partial charge < -0.3 is 14.1 Å². The molecule has 134 valence electrons. The molecule has 7 nitrogen and oxygen atoms in total. The topological polar surface area (TPSA) is 85.9 Å². The fourth-order valence-electron chi connectivity index (χ4n) is 2.22. The highest BCUT2D eigenvalue weighted by molar-refractivity contribution is 5.92. The highest BCUT2D eigenvalue weighted by Gasteiger charge is 2.18. The van der Waals surface area contributed by atoms with Crippen LogP contribution < -0.4 is 10.2 Å². The van der Waals surface area contributed by atoms with E-state index in [-0.39, 0.29) is 19.0 Å². The maximum atomic E-state index is 13.0. The molecule has 0 radical (unpaired) electrons. The number of ether oxygens (including phenoxy) is 1. The third-order valence-corrected chi connectivity index (χ3v) is 3.51. The molecule has 0 aliphatic rings. The molecule has 0 saturated carbocycles. The molecule has 0 bridgehead atoms. The number of hydrogen-bond donors (Lipinski definition) is 2. The second-order valence-electron chi connectivity index (χ2n) is 5.35. The molecule has 8 heteroatoms. The van der Waals surface area contributed by atoms with Gasteiger partial charge in [-0.3, -0.25) is 10.1 Å². The van der Waals surface area contributed by atoms with Crippen LogP contribution in [0, 0.1) is 5.82 Å². The molecule has 2 aromatic rings. The fraction of sp³-hybridized carbons (Fsp3) is 0.353. The van der Waals surface area contributed by atoms with Gasteiger partial charge in [-0.1, -0.05) is 0 Å². The van der Waals surface area contributed by atoms with Gasteiger partial charge in [0.15, 0.2) is 18.8 Å². The van der Waals surface area contributed by atoms with Crippen molar-refractivity contribution in [1.29, 1.82) is 0 Å². The number of nitrogens with zero attached hydrogens (tertiary/aromatic N) is 1. The minimum Gasteiger partial charge on any atom is -0.450 e. The first-order chi connectivity index (χ1) is 12.0. The Labute approximate surface area is 144 Å². The van der Waals surface area contributed by atoms with Crippen LogP contribution in [0.15, 0.2) is 34.9 Å². The molecule has 0 saturated heterocycles. The molecule has 0 fully saturated rings. The molecule has 0 spiro atoms. The maximum absolute atomic E-state index is 13.0. The Morgan fingerprint density at radius 3 is 2.64 bits per heavy atom. The Bertz CT molecular complexity index is 715. The number of imide groups is 1. The van der Waals surface area contributed by atoms with Gasteiger partial charge in [-0.15, -0.1) is 0 Å². The maximum Gasteiger partial charge on any atom is 0.414 e. The molecular weight excluding hydrogens is 329 g/mol. The summed E-state index contributed by atoms with van der Waals surface area (Å²) in [5.41, 5.74) is 0.721. The van der Waals surface area contributed by atoms with Crippen LogP contribution >= 0.6 is 0 Å². The Kier molecular flexibility index (Phi) is 6.64.